The number of nitrogens with zero attached hydrogens (tertiary/aromatic N) is 1. The average molecular weight is 488 g/mol. The predicted molar refractivity (Wildman–Crippen MR) is 115 cm³/mol. The molecule has 4 aromatic rings. The Labute approximate surface area is 171 Å². The molecule has 0 aliphatic rings. The van der Waals surface area contributed by atoms with Gasteiger partial charge in [0, 0.05) is 20.1 Å². The fourth-order valence-electron chi connectivity index (χ4n) is 2.63. The second-order valence-electron chi connectivity index (χ2n) is 5.62. The van der Waals surface area contributed by atoms with Gasteiger partial charge in [0.2, 0.25) is 0 Å². The van der Waals surface area contributed by atoms with Gasteiger partial charge in [-0.25, -0.2) is 4.98 Å². The van der Waals surface area contributed by atoms with E-state index >= 15 is 0 Å². The molecule has 3 aromatic carbocycles. The van der Waals surface area contributed by atoms with Crippen molar-refractivity contribution in [3.63, 3.8) is 0 Å². The van der Waals surface area contributed by atoms with Crippen molar-refractivity contribution in [1.82, 2.24) is 4.98 Å². The monoisotopic (exact) mass is 486 g/mol. The average Bonchev–Trinajstić information content (AvgIpc) is 3.08. The van der Waals surface area contributed by atoms with E-state index in [-0.39, 0.29) is 5.91 Å². The maximum absolute atomic E-state index is 12.6. The number of para-hydroxylation sites is 1. The molecule has 1 aromatic heterocycles. The number of aromatic nitrogens is 1. The zero-order valence-electron chi connectivity index (χ0n) is 13.4. The van der Waals surface area contributed by atoms with Gasteiger partial charge in [-0.2, -0.15) is 0 Å². The Morgan fingerprint density at radius 3 is 2.46 bits per heavy atom. The summed E-state index contributed by atoms with van der Waals surface area (Å²) >= 11 is 8.71. The molecule has 1 heterocycles. The first-order valence-electron chi connectivity index (χ1n) is 7.83. The number of amides is 1. The van der Waals surface area contributed by atoms with Crippen molar-refractivity contribution in [2.75, 3.05) is 5.32 Å². The van der Waals surface area contributed by atoms with E-state index in [9.17, 15) is 4.79 Å². The summed E-state index contributed by atoms with van der Waals surface area (Å²) in [6.45, 7) is 0. The van der Waals surface area contributed by atoms with Crippen molar-refractivity contribution in [2.45, 2.75) is 0 Å². The molecule has 0 radical (unpaired) electrons. The van der Waals surface area contributed by atoms with Crippen molar-refractivity contribution >= 4 is 65.0 Å². The second kappa shape index (κ2) is 7.31. The summed E-state index contributed by atoms with van der Waals surface area (Å²) in [5.74, 6) is -0.156. The molecule has 0 atom stereocenters. The molecule has 0 saturated carbocycles. The van der Waals surface area contributed by atoms with Crippen molar-refractivity contribution in [2.24, 2.45) is 0 Å². The molecule has 0 unspecified atom stereocenters. The molecule has 0 aliphatic heterocycles. The van der Waals surface area contributed by atoms with Crippen LogP contribution in [0.3, 0.4) is 0 Å². The molecule has 0 aliphatic carbocycles. The number of carbonyl (C=O) groups excluding carboxylic acids is 1. The lowest BCUT2D eigenvalue weighted by Crippen LogP contribution is -2.13. The maximum atomic E-state index is 12.6. The number of carbonyl (C=O) groups is 1. The van der Waals surface area contributed by atoms with E-state index in [4.69, 9.17) is 4.98 Å². The number of hydrogen-bond donors (Lipinski definition) is 1. The van der Waals surface area contributed by atoms with Crippen LogP contribution < -0.4 is 5.32 Å². The van der Waals surface area contributed by atoms with E-state index in [1.54, 1.807) is 23.5 Å². The van der Waals surface area contributed by atoms with Crippen LogP contribution in [0.25, 0.3) is 20.8 Å². The zero-order chi connectivity index (χ0) is 18.1. The maximum Gasteiger partial charge on any atom is 0.255 e. The SMILES string of the molecule is O=C(Nc1c(Br)cc(Br)cc1-c1nc2ccccc2s1)c1ccccc1. The molecule has 1 N–H and O–H groups in total. The van der Waals surface area contributed by atoms with Crippen LogP contribution in [0, 0.1) is 0 Å². The minimum absolute atomic E-state index is 0.156. The Morgan fingerprint density at radius 2 is 1.69 bits per heavy atom. The summed E-state index contributed by atoms with van der Waals surface area (Å²) in [6.07, 6.45) is 0. The number of rotatable bonds is 3. The number of thiazole rings is 1. The number of anilines is 1. The van der Waals surface area contributed by atoms with Gasteiger partial charge in [0.15, 0.2) is 0 Å². The van der Waals surface area contributed by atoms with E-state index in [1.165, 1.54) is 0 Å². The Bertz CT molecular complexity index is 1080. The van der Waals surface area contributed by atoms with Crippen LogP contribution in [0.15, 0.2) is 75.7 Å². The number of benzene rings is 3. The van der Waals surface area contributed by atoms with E-state index in [0.717, 1.165) is 29.7 Å². The van der Waals surface area contributed by atoms with Gasteiger partial charge in [-0.1, -0.05) is 46.3 Å². The molecule has 0 spiro atoms. The Hall–Kier alpha value is -2.02. The summed E-state index contributed by atoms with van der Waals surface area (Å²) in [4.78, 5) is 17.4. The molecule has 6 heteroatoms. The molecule has 0 bridgehead atoms. The molecule has 1 amide bonds. The smallest absolute Gasteiger partial charge is 0.255 e. The highest BCUT2D eigenvalue weighted by Gasteiger charge is 2.17. The van der Waals surface area contributed by atoms with Gasteiger partial charge >= 0.3 is 0 Å². The van der Waals surface area contributed by atoms with Crippen molar-refractivity contribution in [1.29, 1.82) is 0 Å². The van der Waals surface area contributed by atoms with Gasteiger partial charge in [0.1, 0.15) is 5.01 Å². The van der Waals surface area contributed by atoms with Crippen LogP contribution in [0.4, 0.5) is 5.69 Å². The highest BCUT2D eigenvalue weighted by atomic mass is 79.9. The Balaban J connectivity index is 1.80. The first-order valence-corrected chi connectivity index (χ1v) is 10.2. The molecular weight excluding hydrogens is 476 g/mol. The predicted octanol–water partition coefficient (Wildman–Crippen LogP) is 6.74. The van der Waals surface area contributed by atoms with Crippen LogP contribution in [-0.2, 0) is 0 Å². The minimum atomic E-state index is -0.156. The van der Waals surface area contributed by atoms with Crippen LogP contribution >= 0.6 is 43.2 Å². The van der Waals surface area contributed by atoms with Gasteiger partial charge in [-0.15, -0.1) is 11.3 Å². The zero-order valence-corrected chi connectivity index (χ0v) is 17.4. The quantitative estimate of drug-likeness (QED) is 0.347. The number of nitrogens with one attached hydrogen (secondary N) is 1. The first kappa shape index (κ1) is 17.4. The van der Waals surface area contributed by atoms with Crippen LogP contribution in [-0.4, -0.2) is 10.9 Å². The lowest BCUT2D eigenvalue weighted by atomic mass is 10.1. The molecule has 0 saturated heterocycles. The molecule has 3 nitrogen and oxygen atoms in total. The largest absolute Gasteiger partial charge is 0.320 e. The van der Waals surface area contributed by atoms with Crippen molar-refractivity contribution < 1.29 is 4.79 Å². The molecule has 128 valence electrons. The Kier molecular flexibility index (Phi) is 4.89. The molecule has 26 heavy (non-hydrogen) atoms. The fraction of sp³-hybridized carbons (Fsp3) is 0. The van der Waals surface area contributed by atoms with Crippen molar-refractivity contribution in [3.8, 4) is 10.6 Å². The third-order valence-electron chi connectivity index (χ3n) is 3.85. The van der Waals surface area contributed by atoms with Gasteiger partial charge in [0.25, 0.3) is 5.91 Å². The van der Waals surface area contributed by atoms with E-state index in [0.29, 0.717) is 11.3 Å². The third kappa shape index (κ3) is 3.45. The number of hydrogen-bond acceptors (Lipinski definition) is 3. The van der Waals surface area contributed by atoms with E-state index in [2.05, 4.69) is 37.2 Å². The highest BCUT2D eigenvalue weighted by molar-refractivity contribution is 9.11. The lowest BCUT2D eigenvalue weighted by molar-refractivity contribution is 0.102. The van der Waals surface area contributed by atoms with Crippen LogP contribution in [0.1, 0.15) is 10.4 Å². The molecule has 4 rings (SSSR count). The van der Waals surface area contributed by atoms with Crippen LogP contribution in [0.2, 0.25) is 0 Å². The van der Waals surface area contributed by atoms with Gasteiger partial charge in [-0.05, 0) is 52.3 Å². The molecular formula is C20H12Br2N2OS. The summed E-state index contributed by atoms with van der Waals surface area (Å²) < 4.78 is 2.82. The second-order valence-corrected chi connectivity index (χ2v) is 8.42. The summed E-state index contributed by atoms with van der Waals surface area (Å²) in [5, 5.41) is 3.88. The van der Waals surface area contributed by atoms with Crippen molar-refractivity contribution in [3.05, 3.63) is 81.2 Å². The first-order chi connectivity index (χ1) is 12.6. The summed E-state index contributed by atoms with van der Waals surface area (Å²) in [7, 11) is 0. The standard InChI is InChI=1S/C20H12Br2N2OS/c21-13-10-14(20-23-16-8-4-5-9-17(16)26-20)18(15(22)11-13)24-19(25)12-6-2-1-3-7-12/h1-11H,(H,24,25). The lowest BCUT2D eigenvalue weighted by Gasteiger charge is -2.12. The Morgan fingerprint density at radius 1 is 0.962 bits per heavy atom. The summed E-state index contributed by atoms with van der Waals surface area (Å²) in [6, 6.07) is 21.1. The van der Waals surface area contributed by atoms with Gasteiger partial charge in [0.05, 0.1) is 15.9 Å². The van der Waals surface area contributed by atoms with Crippen LogP contribution in [0.5, 0.6) is 0 Å². The van der Waals surface area contributed by atoms with E-state index in [1.807, 2.05) is 54.6 Å². The number of halogens is 2. The third-order valence-corrected chi connectivity index (χ3v) is 6.01. The van der Waals surface area contributed by atoms with Gasteiger partial charge < -0.3 is 5.32 Å². The minimum Gasteiger partial charge on any atom is -0.320 e. The normalized spacial score (nSPS) is 10.8. The highest BCUT2D eigenvalue weighted by Crippen LogP contribution is 2.40. The fourth-order valence-corrected chi connectivity index (χ4v) is 4.94. The van der Waals surface area contributed by atoms with Gasteiger partial charge in [-0.3, -0.25) is 4.79 Å². The van der Waals surface area contributed by atoms with E-state index < -0.39 is 0 Å². The number of fused-ring (bicyclic) bond motifs is 1. The topological polar surface area (TPSA) is 42.0 Å². The molecule has 0 fully saturated rings. The summed E-state index contributed by atoms with van der Waals surface area (Å²) in [5.41, 5.74) is 3.14.